The van der Waals surface area contributed by atoms with Crippen LogP contribution in [0.3, 0.4) is 0 Å². The smallest absolute Gasteiger partial charge is 0.309 e. The molecule has 12 heavy (non-hydrogen) atoms. The highest BCUT2D eigenvalue weighted by Gasteiger charge is 2.59. The molecule has 2 aliphatic rings. The van der Waals surface area contributed by atoms with Crippen molar-refractivity contribution in [3.63, 3.8) is 0 Å². The van der Waals surface area contributed by atoms with Gasteiger partial charge >= 0.3 is 5.97 Å². The molecule has 0 spiro atoms. The zero-order chi connectivity index (χ0) is 8.72. The molecule has 2 fully saturated rings. The molecule has 2 N–H and O–H groups in total. The van der Waals surface area contributed by atoms with Gasteiger partial charge in [-0.2, -0.15) is 0 Å². The molecule has 2 unspecified atom stereocenters. The van der Waals surface area contributed by atoms with Gasteiger partial charge < -0.3 is 10.5 Å². The minimum atomic E-state index is -0.000556. The highest BCUT2D eigenvalue weighted by Crippen LogP contribution is 2.57. The van der Waals surface area contributed by atoms with Crippen molar-refractivity contribution in [2.45, 2.75) is 25.8 Å². The van der Waals surface area contributed by atoms with Crippen LogP contribution in [0.15, 0.2) is 0 Å². The Kier molecular flexibility index (Phi) is 1.83. The van der Waals surface area contributed by atoms with Gasteiger partial charge in [0.2, 0.25) is 0 Å². The van der Waals surface area contributed by atoms with Gasteiger partial charge in [0, 0.05) is 6.04 Å². The number of esters is 1. The summed E-state index contributed by atoms with van der Waals surface area (Å²) in [5, 5.41) is 0. The molecule has 0 aromatic rings. The van der Waals surface area contributed by atoms with Gasteiger partial charge in [-0.25, -0.2) is 0 Å². The minimum absolute atomic E-state index is 0.000556. The maximum atomic E-state index is 11.3. The van der Waals surface area contributed by atoms with Gasteiger partial charge in [-0.1, -0.05) is 0 Å². The van der Waals surface area contributed by atoms with E-state index in [0.717, 1.165) is 12.8 Å². The zero-order valence-electron chi connectivity index (χ0n) is 7.32. The Morgan fingerprint density at radius 1 is 1.50 bits per heavy atom. The molecule has 0 aromatic heterocycles. The Morgan fingerprint density at radius 3 is 2.58 bits per heavy atom. The van der Waals surface area contributed by atoms with E-state index in [-0.39, 0.29) is 11.9 Å². The Balaban J connectivity index is 1.85. The van der Waals surface area contributed by atoms with Gasteiger partial charge in [-0.3, -0.25) is 4.79 Å². The second-order valence-corrected chi connectivity index (χ2v) is 3.84. The third-order valence-corrected chi connectivity index (χ3v) is 3.04. The molecule has 2 rings (SSSR count). The van der Waals surface area contributed by atoms with Crippen LogP contribution in [0.1, 0.15) is 19.8 Å². The second-order valence-electron chi connectivity index (χ2n) is 3.84. The average molecular weight is 169 g/mol. The van der Waals surface area contributed by atoms with E-state index in [2.05, 4.69) is 0 Å². The molecule has 3 heteroatoms. The molecule has 0 amide bonds. The molecule has 2 aliphatic carbocycles. The summed E-state index contributed by atoms with van der Waals surface area (Å²) in [6, 6.07) is 0.339. The number of carbonyl (C=O) groups is 1. The quantitative estimate of drug-likeness (QED) is 0.613. The van der Waals surface area contributed by atoms with Gasteiger partial charge in [0.05, 0.1) is 12.5 Å². The van der Waals surface area contributed by atoms with Crippen LogP contribution < -0.4 is 5.73 Å². The average Bonchev–Trinajstić information content (AvgIpc) is 2.51. The second kappa shape index (κ2) is 2.73. The van der Waals surface area contributed by atoms with Crippen molar-refractivity contribution in [2.75, 3.05) is 6.61 Å². The summed E-state index contributed by atoms with van der Waals surface area (Å²) in [5.74, 6) is 1.31. The van der Waals surface area contributed by atoms with Crippen LogP contribution in [0.5, 0.6) is 0 Å². The fourth-order valence-corrected chi connectivity index (χ4v) is 2.47. The van der Waals surface area contributed by atoms with E-state index in [9.17, 15) is 4.79 Å². The van der Waals surface area contributed by atoms with Gasteiger partial charge in [0.15, 0.2) is 0 Å². The lowest BCUT2D eigenvalue weighted by Crippen LogP contribution is -2.21. The molecule has 3 nitrogen and oxygen atoms in total. The third kappa shape index (κ3) is 1.12. The normalized spacial score (nSPS) is 43.8. The van der Waals surface area contributed by atoms with E-state index >= 15 is 0 Å². The predicted molar refractivity (Wildman–Crippen MR) is 44.3 cm³/mol. The van der Waals surface area contributed by atoms with E-state index in [1.165, 1.54) is 0 Å². The fraction of sp³-hybridized carbons (Fsp3) is 0.889. The number of carbonyl (C=O) groups excluding carboxylic acids is 1. The van der Waals surface area contributed by atoms with E-state index < -0.39 is 0 Å². The monoisotopic (exact) mass is 169 g/mol. The number of ether oxygens (including phenoxy) is 1. The highest BCUT2D eigenvalue weighted by atomic mass is 16.5. The summed E-state index contributed by atoms with van der Waals surface area (Å²) in [5.41, 5.74) is 5.74. The van der Waals surface area contributed by atoms with Crippen molar-refractivity contribution in [1.82, 2.24) is 0 Å². The van der Waals surface area contributed by atoms with E-state index in [1.807, 2.05) is 6.92 Å². The van der Waals surface area contributed by atoms with Gasteiger partial charge in [-0.15, -0.1) is 0 Å². The first kappa shape index (κ1) is 8.05. The molecule has 2 saturated carbocycles. The lowest BCUT2D eigenvalue weighted by Gasteiger charge is -2.07. The summed E-state index contributed by atoms with van der Waals surface area (Å²) < 4.78 is 4.96. The van der Waals surface area contributed by atoms with E-state index in [0.29, 0.717) is 24.5 Å². The Morgan fingerprint density at radius 2 is 2.08 bits per heavy atom. The minimum Gasteiger partial charge on any atom is -0.466 e. The van der Waals surface area contributed by atoms with E-state index in [1.54, 1.807) is 0 Å². The SMILES string of the molecule is CCOC(=O)C1C2CC(N)CC21. The topological polar surface area (TPSA) is 52.3 Å². The maximum absolute atomic E-state index is 11.3. The Labute approximate surface area is 72.3 Å². The molecule has 0 bridgehead atoms. The van der Waals surface area contributed by atoms with Gasteiger partial charge in [0.25, 0.3) is 0 Å². The zero-order valence-corrected chi connectivity index (χ0v) is 7.32. The van der Waals surface area contributed by atoms with Crippen LogP contribution in [0.4, 0.5) is 0 Å². The molecule has 0 aromatic carbocycles. The first-order chi connectivity index (χ1) is 5.74. The van der Waals surface area contributed by atoms with E-state index in [4.69, 9.17) is 10.5 Å². The number of fused-ring (bicyclic) bond motifs is 1. The molecule has 0 aliphatic heterocycles. The van der Waals surface area contributed by atoms with Crippen molar-refractivity contribution in [2.24, 2.45) is 23.5 Å². The first-order valence-electron chi connectivity index (χ1n) is 4.66. The lowest BCUT2D eigenvalue weighted by molar-refractivity contribution is -0.145. The van der Waals surface area contributed by atoms with Crippen LogP contribution in [-0.4, -0.2) is 18.6 Å². The van der Waals surface area contributed by atoms with Crippen LogP contribution in [0.2, 0.25) is 0 Å². The highest BCUT2D eigenvalue weighted by molar-refractivity contribution is 5.76. The van der Waals surface area contributed by atoms with Crippen molar-refractivity contribution in [1.29, 1.82) is 0 Å². The van der Waals surface area contributed by atoms with Gasteiger partial charge in [0.1, 0.15) is 0 Å². The molecule has 0 radical (unpaired) electrons. The standard InChI is InChI=1S/C9H15NO2/c1-2-12-9(11)8-6-3-5(10)4-7(6)8/h5-8H,2-4,10H2,1H3. The third-order valence-electron chi connectivity index (χ3n) is 3.04. The van der Waals surface area contributed by atoms with Gasteiger partial charge in [-0.05, 0) is 31.6 Å². The largest absolute Gasteiger partial charge is 0.466 e. The van der Waals surface area contributed by atoms with Crippen LogP contribution in [-0.2, 0) is 9.53 Å². The Hall–Kier alpha value is -0.570. The van der Waals surface area contributed by atoms with Crippen molar-refractivity contribution >= 4 is 5.97 Å². The van der Waals surface area contributed by atoms with Crippen molar-refractivity contribution < 1.29 is 9.53 Å². The molecular weight excluding hydrogens is 154 g/mol. The number of nitrogens with two attached hydrogens (primary N) is 1. The summed E-state index contributed by atoms with van der Waals surface area (Å²) >= 11 is 0. The molecule has 0 heterocycles. The van der Waals surface area contributed by atoms with Crippen LogP contribution in [0.25, 0.3) is 0 Å². The number of hydrogen-bond donors (Lipinski definition) is 1. The number of hydrogen-bond acceptors (Lipinski definition) is 3. The van der Waals surface area contributed by atoms with Crippen molar-refractivity contribution in [3.05, 3.63) is 0 Å². The number of rotatable bonds is 2. The summed E-state index contributed by atoms with van der Waals surface area (Å²) in [6.45, 7) is 2.35. The molecule has 2 atom stereocenters. The fourth-order valence-electron chi connectivity index (χ4n) is 2.47. The first-order valence-corrected chi connectivity index (χ1v) is 4.66. The lowest BCUT2D eigenvalue weighted by atomic mass is 10.1. The predicted octanol–water partition coefficient (Wildman–Crippen LogP) is 0.533. The van der Waals surface area contributed by atoms with Crippen LogP contribution in [0, 0.1) is 17.8 Å². The van der Waals surface area contributed by atoms with Crippen LogP contribution >= 0.6 is 0 Å². The summed E-state index contributed by atoms with van der Waals surface area (Å²) in [7, 11) is 0. The summed E-state index contributed by atoms with van der Waals surface area (Å²) in [4.78, 5) is 11.3. The molecular formula is C9H15NO2. The summed E-state index contributed by atoms with van der Waals surface area (Å²) in [6.07, 6.45) is 2.04. The Bertz CT molecular complexity index is 193. The molecule has 0 saturated heterocycles. The maximum Gasteiger partial charge on any atom is 0.309 e. The molecule has 68 valence electrons. The van der Waals surface area contributed by atoms with Crippen molar-refractivity contribution in [3.8, 4) is 0 Å².